The van der Waals surface area contributed by atoms with Gasteiger partial charge in [0.25, 0.3) is 7.82 Å². The summed E-state index contributed by atoms with van der Waals surface area (Å²) in [5.41, 5.74) is 0. The largest absolute Gasteiger partial charge is 0.756 e. The van der Waals surface area contributed by atoms with Gasteiger partial charge in [0, 0.05) is 12.8 Å². The summed E-state index contributed by atoms with van der Waals surface area (Å²) in [7, 11) is 1.15. The Kier molecular flexibility index (Phi) is 51.0. The van der Waals surface area contributed by atoms with E-state index in [1.165, 1.54) is 148 Å². The first kappa shape index (κ1) is 70.5. The van der Waals surface area contributed by atoms with Crippen molar-refractivity contribution in [3.63, 3.8) is 0 Å². The van der Waals surface area contributed by atoms with Crippen LogP contribution in [0.2, 0.25) is 0 Å². The van der Waals surface area contributed by atoms with Crippen molar-refractivity contribution < 1.29 is 37.3 Å². The zero-order valence-electron chi connectivity index (χ0n) is 48.3. The fourth-order valence-electron chi connectivity index (χ4n) is 8.40. The Labute approximate surface area is 451 Å². The van der Waals surface area contributed by atoms with Crippen LogP contribution >= 0.6 is 7.82 Å². The Morgan fingerprint density at radius 1 is 0.479 bits per heavy atom. The van der Waals surface area contributed by atoms with Gasteiger partial charge in [-0.3, -0.25) is 14.2 Å². The van der Waals surface area contributed by atoms with E-state index in [0.717, 1.165) is 77.0 Å². The quantitative estimate of drug-likeness (QED) is 0.0212. The van der Waals surface area contributed by atoms with Crippen LogP contribution in [0.4, 0.5) is 0 Å². The predicted octanol–water partition coefficient (Wildman–Crippen LogP) is 17.8. The second-order valence-electron chi connectivity index (χ2n) is 21.5. The summed E-state index contributed by atoms with van der Waals surface area (Å²) in [6.07, 6.45) is 67.4. The molecule has 0 aromatic carbocycles. The van der Waals surface area contributed by atoms with Gasteiger partial charge < -0.3 is 28.5 Å². The van der Waals surface area contributed by atoms with E-state index in [2.05, 4.69) is 80.8 Å². The summed E-state index contributed by atoms with van der Waals surface area (Å²) in [6, 6.07) is -0.914. The van der Waals surface area contributed by atoms with E-state index in [0.29, 0.717) is 23.9 Å². The fraction of sp³-hybridized carbons (Fsp3) is 0.778. The Morgan fingerprint density at radius 2 is 0.849 bits per heavy atom. The zero-order chi connectivity index (χ0) is 53.6. The van der Waals surface area contributed by atoms with Crippen molar-refractivity contribution in [2.45, 2.75) is 277 Å². The number of unbranched alkanes of at least 4 members (excludes halogenated alkanes) is 28. The van der Waals surface area contributed by atoms with E-state index >= 15 is 0 Å². The summed E-state index contributed by atoms with van der Waals surface area (Å²) in [5.74, 6) is -0.624. The maximum absolute atomic E-state index is 13.5. The number of allylic oxidation sites excluding steroid dienone is 11. The number of phosphoric ester groups is 1. The van der Waals surface area contributed by atoms with Crippen LogP contribution < -0.4 is 10.2 Å². The number of hydrogen-bond donors (Lipinski definition) is 1. The molecule has 0 fully saturated rings. The molecule has 0 saturated heterocycles. The van der Waals surface area contributed by atoms with E-state index in [-0.39, 0.29) is 18.9 Å². The Balaban J connectivity index is 5.22. The van der Waals surface area contributed by atoms with Crippen LogP contribution in [0.25, 0.3) is 0 Å². The number of amides is 1. The summed E-state index contributed by atoms with van der Waals surface area (Å²) in [5, 5.41) is 3.01. The molecule has 0 aliphatic carbocycles. The predicted molar refractivity (Wildman–Crippen MR) is 312 cm³/mol. The van der Waals surface area contributed by atoms with Crippen molar-refractivity contribution in [1.82, 2.24) is 5.32 Å². The molecule has 3 unspecified atom stereocenters. The molecule has 73 heavy (non-hydrogen) atoms. The van der Waals surface area contributed by atoms with Crippen LogP contribution in [0.1, 0.15) is 265 Å². The number of quaternary nitrogens is 1. The number of likely N-dealkylation sites (N-methyl/N-ethyl adjacent to an activating group) is 1. The number of nitrogens with one attached hydrogen (secondary N) is 1. The van der Waals surface area contributed by atoms with E-state index < -0.39 is 32.5 Å². The van der Waals surface area contributed by atoms with Gasteiger partial charge in [0.1, 0.15) is 19.3 Å². The smallest absolute Gasteiger partial charge is 0.306 e. The summed E-state index contributed by atoms with van der Waals surface area (Å²) in [4.78, 5) is 39.8. The second-order valence-corrected chi connectivity index (χ2v) is 22.9. The van der Waals surface area contributed by atoms with Gasteiger partial charge in [0.2, 0.25) is 5.91 Å². The van der Waals surface area contributed by atoms with Gasteiger partial charge in [-0.1, -0.05) is 235 Å². The number of nitrogens with zero attached hydrogens (tertiary/aromatic N) is 1. The molecule has 3 atom stereocenters. The lowest BCUT2D eigenvalue weighted by atomic mass is 10.0. The number of ether oxygens (including phenoxy) is 1. The van der Waals surface area contributed by atoms with Crippen molar-refractivity contribution in [3.8, 4) is 0 Å². The monoisotopic (exact) mass is 1040 g/mol. The second kappa shape index (κ2) is 52.9. The lowest BCUT2D eigenvalue weighted by molar-refractivity contribution is -0.870. The van der Waals surface area contributed by atoms with Crippen molar-refractivity contribution in [2.24, 2.45) is 0 Å². The number of phosphoric acid groups is 1. The van der Waals surface area contributed by atoms with E-state index in [1.807, 2.05) is 39.4 Å². The van der Waals surface area contributed by atoms with Gasteiger partial charge in [-0.05, 0) is 89.5 Å². The highest BCUT2D eigenvalue weighted by Gasteiger charge is 2.27. The number of carbonyl (C=O) groups is 2. The van der Waals surface area contributed by atoms with Crippen LogP contribution in [0, 0.1) is 0 Å². The molecule has 0 spiro atoms. The topological polar surface area (TPSA) is 114 Å². The molecular formula is C63H115N2O7P. The van der Waals surface area contributed by atoms with E-state index in [9.17, 15) is 19.0 Å². The maximum atomic E-state index is 13.5. The Hall–Kier alpha value is -2.55. The molecule has 0 aliphatic heterocycles. The van der Waals surface area contributed by atoms with Crippen LogP contribution in [-0.2, 0) is 27.9 Å². The molecular weight excluding hydrogens is 928 g/mol. The van der Waals surface area contributed by atoms with Crippen molar-refractivity contribution in [1.29, 1.82) is 0 Å². The van der Waals surface area contributed by atoms with Gasteiger partial charge in [0.15, 0.2) is 0 Å². The molecule has 424 valence electrons. The molecule has 1 N–H and O–H groups in total. The molecule has 0 rings (SSSR count). The van der Waals surface area contributed by atoms with Crippen molar-refractivity contribution in [3.05, 3.63) is 72.9 Å². The highest BCUT2D eigenvalue weighted by Crippen LogP contribution is 2.38. The highest BCUT2D eigenvalue weighted by molar-refractivity contribution is 7.45. The summed E-state index contributed by atoms with van der Waals surface area (Å²) >= 11 is 0. The Bertz CT molecular complexity index is 1480. The molecule has 0 heterocycles. The number of esters is 1. The van der Waals surface area contributed by atoms with Gasteiger partial charge >= 0.3 is 5.97 Å². The van der Waals surface area contributed by atoms with Crippen molar-refractivity contribution >= 4 is 19.7 Å². The average molecular weight is 1040 g/mol. The van der Waals surface area contributed by atoms with Gasteiger partial charge in [-0.25, -0.2) is 0 Å². The third-order valence-corrected chi connectivity index (χ3v) is 14.1. The average Bonchev–Trinajstić information content (AvgIpc) is 3.35. The highest BCUT2D eigenvalue weighted by atomic mass is 31.2. The van der Waals surface area contributed by atoms with Crippen LogP contribution in [0.15, 0.2) is 72.9 Å². The lowest BCUT2D eigenvalue weighted by Crippen LogP contribution is -2.47. The van der Waals surface area contributed by atoms with Crippen LogP contribution in [0.3, 0.4) is 0 Å². The first-order valence-electron chi connectivity index (χ1n) is 30.2. The molecule has 1 amide bonds. The third-order valence-electron chi connectivity index (χ3n) is 13.1. The molecule has 10 heteroatoms. The standard InChI is InChI=1S/C63H115N2O7P/c1-7-10-13-16-19-22-25-27-28-29-30-31-32-33-34-35-36-38-40-43-46-49-52-55-62(66)64-60(59-71-73(68,69)70-58-57-65(4,5)6)61(54-51-48-45-42-39-24-21-18-15-12-9-3)72-63(67)56-53-50-47-44-41-37-26-23-20-17-14-11-8-2/h19,22,27-28,30-31,37,41,47,50-51,54,60-61H,7-18,20-21,23-26,29,32-36,38-40,42-46,48-49,52-53,55-59H2,1-6H3,(H-,64,66,68,69)/b22-19-,28-27-,31-30-,41-37-,50-47+,54-51-. The Morgan fingerprint density at radius 3 is 1.30 bits per heavy atom. The maximum Gasteiger partial charge on any atom is 0.306 e. The molecule has 0 aliphatic rings. The van der Waals surface area contributed by atoms with Gasteiger partial charge in [-0.2, -0.15) is 0 Å². The zero-order valence-corrected chi connectivity index (χ0v) is 49.2. The van der Waals surface area contributed by atoms with Crippen LogP contribution in [-0.4, -0.2) is 69.4 Å². The molecule has 0 bridgehead atoms. The van der Waals surface area contributed by atoms with Gasteiger partial charge in [-0.15, -0.1) is 0 Å². The number of carbonyl (C=O) groups excluding carboxylic acids is 2. The third kappa shape index (κ3) is 54.1. The SMILES string of the molecule is CCCCC/C=C\C/C=C\C/C=C\CCCCCCCCCCCCC(=O)NC(COP(=O)([O-])OCC[N+](C)(C)C)C(/C=C\CCCCCCCCCCC)OC(=O)CC/C=C/C/C=C\CCCCCCCC. The summed E-state index contributed by atoms with van der Waals surface area (Å²) in [6.45, 7) is 6.76. The van der Waals surface area contributed by atoms with E-state index in [1.54, 1.807) is 0 Å². The fourth-order valence-corrected chi connectivity index (χ4v) is 9.13. The molecule has 0 saturated carbocycles. The molecule has 0 radical (unpaired) electrons. The number of hydrogen-bond acceptors (Lipinski definition) is 7. The first-order chi connectivity index (χ1) is 35.4. The lowest BCUT2D eigenvalue weighted by Gasteiger charge is -2.30. The normalized spacial score (nSPS) is 14.2. The minimum atomic E-state index is -4.71. The molecule has 0 aromatic rings. The van der Waals surface area contributed by atoms with Gasteiger partial charge in [0.05, 0.1) is 33.8 Å². The minimum absolute atomic E-state index is 0.0326. The number of rotatable bonds is 54. The van der Waals surface area contributed by atoms with E-state index in [4.69, 9.17) is 13.8 Å². The van der Waals surface area contributed by atoms with Crippen LogP contribution in [0.5, 0.6) is 0 Å². The minimum Gasteiger partial charge on any atom is -0.756 e. The van der Waals surface area contributed by atoms with Crippen molar-refractivity contribution in [2.75, 3.05) is 40.9 Å². The first-order valence-corrected chi connectivity index (χ1v) is 31.7. The molecule has 0 aromatic heterocycles. The molecule has 9 nitrogen and oxygen atoms in total. The summed E-state index contributed by atoms with van der Waals surface area (Å²) < 4.78 is 30.2.